The van der Waals surface area contributed by atoms with Crippen molar-refractivity contribution in [1.29, 1.82) is 0 Å². The highest BCUT2D eigenvalue weighted by atomic mass is 19.3. The Bertz CT molecular complexity index is 619. The largest absolute Gasteiger partial charge is 0.381 e. The minimum absolute atomic E-state index is 0.0463. The number of alkyl halides is 2. The van der Waals surface area contributed by atoms with Crippen LogP contribution in [-0.4, -0.2) is 64.3 Å². The van der Waals surface area contributed by atoms with Crippen LogP contribution in [-0.2, 0) is 9.53 Å². The molecule has 3 aliphatic rings. The number of hydrogen-bond acceptors (Lipinski definition) is 5. The van der Waals surface area contributed by atoms with Crippen LogP contribution in [0.5, 0.6) is 0 Å². The third kappa shape index (κ3) is 3.21. The van der Waals surface area contributed by atoms with E-state index in [-0.39, 0.29) is 23.8 Å². The first-order valence-electron chi connectivity index (χ1n) is 8.94. The summed E-state index contributed by atoms with van der Waals surface area (Å²) in [5.41, 5.74) is 0. The molecule has 4 atom stereocenters. The summed E-state index contributed by atoms with van der Waals surface area (Å²) in [6.07, 6.45) is 1.71. The van der Waals surface area contributed by atoms with Gasteiger partial charge >= 0.3 is 0 Å². The molecular weight excluding hydrogens is 332 g/mol. The first-order chi connectivity index (χ1) is 12.1. The molecule has 0 bridgehead atoms. The Hall–Kier alpha value is -1.77. The number of ether oxygens (including phenoxy) is 1. The van der Waals surface area contributed by atoms with Gasteiger partial charge < -0.3 is 15.0 Å². The molecule has 4 heterocycles. The molecular formula is C16H23F2N5O2. The standard InChI is InChI=1S/C16H23F2N5O2/c17-14(18)13-6-12(21-16-19-9-20-23(13)16)10-2-1-4-22(7-10)15(24)11-3-5-25-8-11/h9-14H,1-8H2,(H,19,20,21)/t10?,11?,12-,13+/m0/s1. The van der Waals surface area contributed by atoms with Crippen molar-refractivity contribution in [3.05, 3.63) is 6.33 Å². The number of rotatable bonds is 3. The Kier molecular flexibility index (Phi) is 4.58. The number of aromatic nitrogens is 3. The average molecular weight is 355 g/mol. The zero-order chi connectivity index (χ0) is 17.4. The van der Waals surface area contributed by atoms with Gasteiger partial charge in [0.05, 0.1) is 12.5 Å². The number of amides is 1. The second-order valence-electron chi connectivity index (χ2n) is 7.16. The second-order valence-corrected chi connectivity index (χ2v) is 7.16. The number of likely N-dealkylation sites (tertiary alicyclic amines) is 1. The summed E-state index contributed by atoms with van der Waals surface area (Å²) >= 11 is 0. The van der Waals surface area contributed by atoms with Gasteiger partial charge in [-0.2, -0.15) is 10.1 Å². The van der Waals surface area contributed by atoms with E-state index in [0.29, 0.717) is 32.1 Å². The number of hydrogen-bond donors (Lipinski definition) is 1. The fourth-order valence-corrected chi connectivity index (χ4v) is 4.23. The van der Waals surface area contributed by atoms with E-state index in [1.165, 1.54) is 11.0 Å². The van der Waals surface area contributed by atoms with Crippen LogP contribution < -0.4 is 5.32 Å². The minimum Gasteiger partial charge on any atom is -0.381 e. The number of fused-ring (bicyclic) bond motifs is 1. The van der Waals surface area contributed by atoms with Crippen LogP contribution in [0.15, 0.2) is 6.33 Å². The summed E-state index contributed by atoms with van der Waals surface area (Å²) in [6, 6.07) is -1.08. The van der Waals surface area contributed by atoms with Crippen molar-refractivity contribution in [1.82, 2.24) is 19.7 Å². The van der Waals surface area contributed by atoms with Crippen LogP contribution in [0.25, 0.3) is 0 Å². The summed E-state index contributed by atoms with van der Waals surface area (Å²) in [4.78, 5) is 18.6. The van der Waals surface area contributed by atoms with Crippen LogP contribution in [0.4, 0.5) is 14.7 Å². The lowest BCUT2D eigenvalue weighted by molar-refractivity contribution is -0.137. The van der Waals surface area contributed by atoms with E-state index in [1.54, 1.807) is 0 Å². The molecule has 2 fully saturated rings. The van der Waals surface area contributed by atoms with Gasteiger partial charge in [0.15, 0.2) is 0 Å². The van der Waals surface area contributed by atoms with Gasteiger partial charge in [-0.3, -0.25) is 4.79 Å². The Balaban J connectivity index is 1.45. The van der Waals surface area contributed by atoms with Crippen molar-refractivity contribution in [2.24, 2.45) is 11.8 Å². The summed E-state index contributed by atoms with van der Waals surface area (Å²) < 4.78 is 33.5. The molecule has 1 amide bonds. The maximum absolute atomic E-state index is 13.4. The topological polar surface area (TPSA) is 72.3 Å². The second kappa shape index (κ2) is 6.86. The Morgan fingerprint density at radius 3 is 3.04 bits per heavy atom. The molecule has 0 radical (unpaired) electrons. The average Bonchev–Trinajstić information content (AvgIpc) is 3.31. The lowest BCUT2D eigenvalue weighted by Gasteiger charge is -2.41. The molecule has 2 saturated heterocycles. The molecule has 9 heteroatoms. The number of anilines is 1. The van der Waals surface area contributed by atoms with E-state index >= 15 is 0 Å². The predicted molar refractivity (Wildman–Crippen MR) is 85.3 cm³/mol. The first-order valence-corrected chi connectivity index (χ1v) is 8.94. The van der Waals surface area contributed by atoms with E-state index in [9.17, 15) is 13.6 Å². The highest BCUT2D eigenvalue weighted by molar-refractivity contribution is 5.79. The monoisotopic (exact) mass is 355 g/mol. The maximum atomic E-state index is 13.4. The van der Waals surface area contributed by atoms with Crippen molar-refractivity contribution < 1.29 is 18.3 Å². The number of nitrogens with one attached hydrogen (secondary N) is 1. The molecule has 0 aromatic carbocycles. The van der Waals surface area contributed by atoms with E-state index in [1.807, 2.05) is 4.90 Å². The molecule has 1 aromatic rings. The normalized spacial score (nSPS) is 32.5. The Morgan fingerprint density at radius 2 is 2.28 bits per heavy atom. The summed E-state index contributed by atoms with van der Waals surface area (Å²) in [5, 5.41) is 7.17. The number of halogens is 2. The lowest BCUT2D eigenvalue weighted by Crippen LogP contribution is -2.49. The molecule has 1 N–H and O–H groups in total. The van der Waals surface area contributed by atoms with Gasteiger partial charge in [-0.15, -0.1) is 0 Å². The van der Waals surface area contributed by atoms with Gasteiger partial charge in [-0.1, -0.05) is 0 Å². The van der Waals surface area contributed by atoms with Crippen molar-refractivity contribution in [3.63, 3.8) is 0 Å². The number of carbonyl (C=O) groups is 1. The van der Waals surface area contributed by atoms with E-state index < -0.39 is 12.5 Å². The molecule has 4 rings (SSSR count). The van der Waals surface area contributed by atoms with Crippen LogP contribution in [0, 0.1) is 11.8 Å². The third-order valence-corrected chi connectivity index (χ3v) is 5.61. The quantitative estimate of drug-likeness (QED) is 0.891. The smallest absolute Gasteiger partial charge is 0.260 e. The van der Waals surface area contributed by atoms with E-state index in [2.05, 4.69) is 15.4 Å². The fraction of sp³-hybridized carbons (Fsp3) is 0.812. The fourth-order valence-electron chi connectivity index (χ4n) is 4.23. The summed E-state index contributed by atoms with van der Waals surface area (Å²) in [6.45, 7) is 2.49. The molecule has 2 unspecified atom stereocenters. The van der Waals surface area contributed by atoms with Crippen LogP contribution in [0.2, 0.25) is 0 Å². The molecule has 3 aliphatic heterocycles. The highest BCUT2D eigenvalue weighted by Gasteiger charge is 2.40. The van der Waals surface area contributed by atoms with Gasteiger partial charge in [-0.25, -0.2) is 13.5 Å². The molecule has 7 nitrogen and oxygen atoms in total. The van der Waals surface area contributed by atoms with Gasteiger partial charge in [0.1, 0.15) is 12.4 Å². The van der Waals surface area contributed by atoms with Gasteiger partial charge in [0.2, 0.25) is 11.9 Å². The predicted octanol–water partition coefficient (Wildman–Crippen LogP) is 1.54. The van der Waals surface area contributed by atoms with Crippen LogP contribution in [0.1, 0.15) is 31.7 Å². The molecule has 0 saturated carbocycles. The highest BCUT2D eigenvalue weighted by Crippen LogP contribution is 2.35. The van der Waals surface area contributed by atoms with Crippen molar-refractivity contribution in [2.45, 2.75) is 44.2 Å². The van der Waals surface area contributed by atoms with Crippen LogP contribution in [0.3, 0.4) is 0 Å². The number of piperidine rings is 1. The van der Waals surface area contributed by atoms with Crippen molar-refractivity contribution in [3.8, 4) is 0 Å². The lowest BCUT2D eigenvalue weighted by atomic mass is 9.85. The Labute approximate surface area is 144 Å². The summed E-state index contributed by atoms with van der Waals surface area (Å²) in [7, 11) is 0. The molecule has 138 valence electrons. The van der Waals surface area contributed by atoms with Crippen molar-refractivity contribution >= 4 is 11.9 Å². The maximum Gasteiger partial charge on any atom is 0.260 e. The number of nitrogens with zero attached hydrogens (tertiary/aromatic N) is 4. The van der Waals surface area contributed by atoms with Gasteiger partial charge in [0, 0.05) is 25.7 Å². The Morgan fingerprint density at radius 1 is 1.40 bits per heavy atom. The van der Waals surface area contributed by atoms with E-state index in [0.717, 1.165) is 25.8 Å². The molecule has 25 heavy (non-hydrogen) atoms. The minimum atomic E-state index is -2.48. The number of carbonyl (C=O) groups excluding carboxylic acids is 1. The molecule has 1 aromatic heterocycles. The van der Waals surface area contributed by atoms with Crippen molar-refractivity contribution in [2.75, 3.05) is 31.6 Å². The zero-order valence-corrected chi connectivity index (χ0v) is 14.0. The third-order valence-electron chi connectivity index (χ3n) is 5.61. The first kappa shape index (κ1) is 16.7. The van der Waals surface area contributed by atoms with E-state index in [4.69, 9.17) is 4.74 Å². The van der Waals surface area contributed by atoms with Gasteiger partial charge in [-0.05, 0) is 31.6 Å². The van der Waals surface area contributed by atoms with Crippen LogP contribution >= 0.6 is 0 Å². The summed E-state index contributed by atoms with van der Waals surface area (Å²) in [5.74, 6) is 0.641. The SMILES string of the molecule is O=C(C1CCOC1)N1CCCC([C@@H]2C[C@H](C(F)F)n3ncnc3N2)C1. The zero-order valence-electron chi connectivity index (χ0n) is 14.0. The molecule has 0 aliphatic carbocycles. The van der Waals surface area contributed by atoms with Gasteiger partial charge in [0.25, 0.3) is 6.43 Å². The molecule has 0 spiro atoms.